The van der Waals surface area contributed by atoms with E-state index in [1.807, 2.05) is 26.8 Å². The van der Waals surface area contributed by atoms with Crippen LogP contribution in [-0.4, -0.2) is 92.3 Å². The van der Waals surface area contributed by atoms with Crippen molar-refractivity contribution in [1.82, 2.24) is 5.32 Å². The molecule has 0 aliphatic carbocycles. The summed E-state index contributed by atoms with van der Waals surface area (Å²) in [7, 11) is -0.694. The first-order chi connectivity index (χ1) is 25.9. The highest BCUT2D eigenvalue weighted by molar-refractivity contribution is 6.74. The average molecular weight is 802 g/mol. The second kappa shape index (κ2) is 19.5. The van der Waals surface area contributed by atoms with E-state index in [1.165, 1.54) is 19.9 Å². The number of methoxy groups -OCH3 is 1. The number of carbonyl (C=O) groups excluding carboxylic acids is 3. The molecule has 1 aromatic rings. The molecular weight excluding hydrogens is 734 g/mol. The first-order valence-corrected chi connectivity index (χ1v) is 22.9. The number of aliphatic hydroxyl groups is 1. The summed E-state index contributed by atoms with van der Waals surface area (Å²) >= 11 is 0. The van der Waals surface area contributed by atoms with Crippen LogP contribution in [0.2, 0.25) is 18.1 Å². The van der Waals surface area contributed by atoms with Gasteiger partial charge >= 0.3 is 11.9 Å². The van der Waals surface area contributed by atoms with Gasteiger partial charge in [0, 0.05) is 31.4 Å². The molecule has 2 aliphatic rings. The molecule has 0 aromatic heterocycles. The lowest BCUT2D eigenvalue weighted by Crippen LogP contribution is -2.52. The number of epoxide rings is 1. The van der Waals surface area contributed by atoms with E-state index in [0.717, 1.165) is 6.42 Å². The predicted octanol–water partition coefficient (Wildman–Crippen LogP) is 8.21. The van der Waals surface area contributed by atoms with Crippen molar-refractivity contribution in [3.8, 4) is 0 Å². The molecular formula is C44H68FNO9Si. The Morgan fingerprint density at radius 2 is 1.77 bits per heavy atom. The van der Waals surface area contributed by atoms with Crippen LogP contribution in [0.4, 0.5) is 4.39 Å². The van der Waals surface area contributed by atoms with E-state index in [2.05, 4.69) is 39.2 Å². The van der Waals surface area contributed by atoms with Crippen molar-refractivity contribution >= 4 is 26.2 Å². The molecule has 314 valence electrons. The first kappa shape index (κ1) is 47.2. The van der Waals surface area contributed by atoms with E-state index in [9.17, 15) is 19.5 Å². The maximum absolute atomic E-state index is 16.9. The van der Waals surface area contributed by atoms with E-state index in [1.54, 1.807) is 69.5 Å². The SMILES string of the molecule is CC[C@H](OC)[C@@H](C)[C@H]1O[C@@H]1C(NC(=O)c1ccccc1)C(C)(F)/C=C/C=C(\C)C1OC(=O)C[C@H](O[Si](C)(C)C(C)(C)C)CC[C@@](C)(O)[C@@H](OC(C)=O)/C=C/[C@@H]1C. The summed E-state index contributed by atoms with van der Waals surface area (Å²) in [5.74, 6) is -1.87. The molecule has 1 aromatic carbocycles. The van der Waals surface area contributed by atoms with Gasteiger partial charge in [-0.25, -0.2) is 4.39 Å². The molecule has 0 spiro atoms. The van der Waals surface area contributed by atoms with E-state index >= 15 is 4.39 Å². The Hall–Kier alpha value is -3.16. The van der Waals surface area contributed by atoms with Gasteiger partial charge in [-0.3, -0.25) is 14.4 Å². The van der Waals surface area contributed by atoms with E-state index in [4.69, 9.17) is 23.4 Å². The highest BCUT2D eigenvalue weighted by Crippen LogP contribution is 2.41. The molecule has 2 N–H and O–H groups in total. The van der Waals surface area contributed by atoms with Gasteiger partial charge in [0.1, 0.15) is 29.6 Å². The number of amides is 1. The Kier molecular flexibility index (Phi) is 16.5. The minimum atomic E-state index is -2.34. The molecule has 2 heterocycles. The third-order valence-corrected chi connectivity index (χ3v) is 16.3. The Morgan fingerprint density at radius 3 is 2.34 bits per heavy atom. The van der Waals surface area contributed by atoms with Crippen LogP contribution in [0, 0.1) is 11.8 Å². The van der Waals surface area contributed by atoms with Crippen LogP contribution in [0.3, 0.4) is 0 Å². The van der Waals surface area contributed by atoms with Gasteiger partial charge in [0.15, 0.2) is 8.32 Å². The van der Waals surface area contributed by atoms with Gasteiger partial charge in [0.25, 0.3) is 5.91 Å². The highest BCUT2D eigenvalue weighted by Gasteiger charge is 2.55. The van der Waals surface area contributed by atoms with Crippen molar-refractivity contribution in [3.05, 3.63) is 71.8 Å². The quantitative estimate of drug-likeness (QED) is 0.0628. The zero-order valence-corrected chi connectivity index (χ0v) is 36.9. The molecule has 56 heavy (non-hydrogen) atoms. The largest absolute Gasteiger partial charge is 0.457 e. The van der Waals surface area contributed by atoms with Gasteiger partial charge in [-0.15, -0.1) is 0 Å². The van der Waals surface area contributed by atoms with Gasteiger partial charge < -0.3 is 33.8 Å². The zero-order valence-electron chi connectivity index (χ0n) is 35.9. The number of rotatable bonds is 14. The standard InChI is InChI=1S/C44H68FNO9Si/c1-14-34(51-11)30(4)38-39(54-38)40(46-41(49)32-20-16-15-17-21-32)43(9,45)25-18-19-28(2)37-29(3)22-23-35(52-31(5)47)44(10,50)26-24-33(27-36(48)53-37)55-56(12,13)42(6,7)8/h15-23,25,29-30,33-35,37-40,50H,14,24,26-27H2,1-13H3,(H,46,49)/b23-22+,25-18+,28-19+/t29-,30+,33+,34-,35-,37?,38+,39-,40?,43?,44+/m0/s1. The van der Waals surface area contributed by atoms with Crippen molar-refractivity contribution in [2.45, 2.75) is 167 Å². The number of hydrogen-bond donors (Lipinski definition) is 2. The normalized spacial score (nSPS) is 30.1. The minimum absolute atomic E-state index is 0.0330. The molecule has 0 radical (unpaired) electrons. The summed E-state index contributed by atoms with van der Waals surface area (Å²) in [5.41, 5.74) is -2.46. The number of hydrogen-bond acceptors (Lipinski definition) is 9. The lowest BCUT2D eigenvalue weighted by Gasteiger charge is -2.40. The smallest absolute Gasteiger partial charge is 0.308 e. The van der Waals surface area contributed by atoms with Crippen molar-refractivity contribution in [2.75, 3.05) is 7.11 Å². The summed E-state index contributed by atoms with van der Waals surface area (Å²) in [4.78, 5) is 39.1. The van der Waals surface area contributed by atoms with Crippen LogP contribution in [0.5, 0.6) is 0 Å². The van der Waals surface area contributed by atoms with E-state index < -0.39 is 73.8 Å². The van der Waals surface area contributed by atoms with Crippen LogP contribution in [0.15, 0.2) is 66.3 Å². The molecule has 11 atom stereocenters. The van der Waals surface area contributed by atoms with Crippen molar-refractivity contribution in [2.24, 2.45) is 11.8 Å². The molecule has 12 heteroatoms. The predicted molar refractivity (Wildman–Crippen MR) is 219 cm³/mol. The number of benzene rings is 1. The summed E-state index contributed by atoms with van der Waals surface area (Å²) < 4.78 is 47.1. The molecule has 3 unspecified atom stereocenters. The maximum atomic E-state index is 16.9. The van der Waals surface area contributed by atoms with E-state index in [-0.39, 0.29) is 36.0 Å². The van der Waals surface area contributed by atoms with Crippen molar-refractivity contribution < 1.29 is 47.3 Å². The van der Waals surface area contributed by atoms with E-state index in [0.29, 0.717) is 17.6 Å². The maximum Gasteiger partial charge on any atom is 0.308 e. The fourth-order valence-corrected chi connectivity index (χ4v) is 8.44. The lowest BCUT2D eigenvalue weighted by molar-refractivity contribution is -0.157. The van der Waals surface area contributed by atoms with Gasteiger partial charge in [-0.1, -0.05) is 78.0 Å². The topological polar surface area (TPSA) is 133 Å². The number of carbonyl (C=O) groups is 3. The molecule has 0 saturated carbocycles. The van der Waals surface area contributed by atoms with Gasteiger partial charge in [0.2, 0.25) is 0 Å². The fraction of sp³-hybridized carbons (Fsp3) is 0.659. The van der Waals surface area contributed by atoms with Crippen LogP contribution in [0.1, 0.15) is 105 Å². The third kappa shape index (κ3) is 12.9. The van der Waals surface area contributed by atoms with Gasteiger partial charge in [-0.2, -0.15) is 0 Å². The van der Waals surface area contributed by atoms with Crippen LogP contribution in [-0.2, 0) is 33.0 Å². The first-order valence-electron chi connectivity index (χ1n) is 20.0. The molecule has 1 fully saturated rings. The molecule has 1 saturated heterocycles. The molecule has 3 rings (SSSR count). The zero-order chi connectivity index (χ0) is 42.2. The number of halogens is 1. The lowest BCUT2D eigenvalue weighted by atomic mass is 9.87. The van der Waals surface area contributed by atoms with Crippen molar-refractivity contribution in [3.63, 3.8) is 0 Å². The second-order valence-electron chi connectivity index (χ2n) is 17.6. The Balaban J connectivity index is 1.96. The van der Waals surface area contributed by atoms with Crippen LogP contribution < -0.4 is 5.32 Å². The number of esters is 2. The molecule has 2 aliphatic heterocycles. The fourth-order valence-electron chi connectivity index (χ4n) is 7.05. The summed E-state index contributed by atoms with van der Waals surface area (Å²) in [5, 5.41) is 14.4. The summed E-state index contributed by atoms with van der Waals surface area (Å²) in [6, 6.07) is 7.63. The van der Waals surface area contributed by atoms with Crippen LogP contribution in [0.25, 0.3) is 0 Å². The minimum Gasteiger partial charge on any atom is -0.457 e. The van der Waals surface area contributed by atoms with Crippen LogP contribution >= 0.6 is 0 Å². The van der Waals surface area contributed by atoms with Crippen molar-refractivity contribution in [1.29, 1.82) is 0 Å². The average Bonchev–Trinajstić information content (AvgIpc) is 3.90. The van der Waals surface area contributed by atoms with Gasteiger partial charge in [0.05, 0.1) is 30.8 Å². The molecule has 1 amide bonds. The highest BCUT2D eigenvalue weighted by atomic mass is 28.4. The number of ether oxygens (including phenoxy) is 4. The number of cyclic esters (lactones) is 1. The number of allylic oxidation sites excluding steroid dienone is 2. The monoisotopic (exact) mass is 801 g/mol. The second-order valence-corrected chi connectivity index (χ2v) is 22.4. The molecule has 0 bridgehead atoms. The molecule has 10 nitrogen and oxygen atoms in total. The number of nitrogens with one attached hydrogen (secondary N) is 1. The Bertz CT molecular complexity index is 1560. The Labute approximate surface area is 335 Å². The number of alkyl halides is 1. The summed E-state index contributed by atoms with van der Waals surface area (Å²) in [6.07, 6.45) is 6.05. The third-order valence-electron chi connectivity index (χ3n) is 11.7. The van der Waals surface area contributed by atoms with Gasteiger partial charge in [-0.05, 0) is 88.0 Å². The Morgan fingerprint density at radius 1 is 1.12 bits per heavy atom. The summed E-state index contributed by atoms with van der Waals surface area (Å²) in [6.45, 7) is 22.6.